The van der Waals surface area contributed by atoms with E-state index in [0.29, 0.717) is 35.5 Å². The van der Waals surface area contributed by atoms with Gasteiger partial charge in [-0.2, -0.15) is 0 Å². The summed E-state index contributed by atoms with van der Waals surface area (Å²) in [6.45, 7) is 1.89. The van der Waals surface area contributed by atoms with Crippen LogP contribution < -0.4 is 39.4 Å². The van der Waals surface area contributed by atoms with Gasteiger partial charge in [0.2, 0.25) is 10.0 Å². The van der Waals surface area contributed by atoms with E-state index in [1.165, 1.54) is 6.42 Å². The van der Waals surface area contributed by atoms with Crippen LogP contribution in [0.4, 0.5) is 0 Å². The largest absolute Gasteiger partial charge is 1.00 e. The fourth-order valence-corrected chi connectivity index (χ4v) is 6.16. The van der Waals surface area contributed by atoms with E-state index in [2.05, 4.69) is 10.8 Å². The number of carboxylic acids is 1. The number of rotatable bonds is 9. The van der Waals surface area contributed by atoms with Crippen molar-refractivity contribution in [1.29, 1.82) is 0 Å². The van der Waals surface area contributed by atoms with Crippen LogP contribution in [0, 0.1) is 24.7 Å². The first-order valence-corrected chi connectivity index (χ1v) is 11.3. The first-order valence-electron chi connectivity index (χ1n) is 9.80. The van der Waals surface area contributed by atoms with Crippen LogP contribution in [0.5, 0.6) is 0 Å². The first-order chi connectivity index (χ1) is 12.9. The molecule has 0 heterocycles. The van der Waals surface area contributed by atoms with Crippen molar-refractivity contribution >= 4 is 16.0 Å². The molecule has 3 rings (SSSR count). The summed E-state index contributed by atoms with van der Waals surface area (Å²) in [5.41, 5.74) is 0.932. The van der Waals surface area contributed by atoms with Gasteiger partial charge < -0.3 is 9.90 Å². The molecule has 0 spiro atoms. The molecule has 2 fully saturated rings. The van der Waals surface area contributed by atoms with Crippen molar-refractivity contribution in [2.24, 2.45) is 17.8 Å². The number of nitrogens with one attached hydrogen (secondary N) is 1. The SMILES string of the molecule is Cc1cccc(S(=O)(=O)N[C@H]2C3CC[C@H](C3)[C@@H]2C/C=C\CCCC(=O)[O-])c1.[Na+]. The number of aryl methyl sites for hydroxylation is 1. The molecule has 5 nitrogen and oxygen atoms in total. The van der Waals surface area contributed by atoms with Gasteiger partial charge in [-0.25, -0.2) is 13.1 Å². The van der Waals surface area contributed by atoms with Gasteiger partial charge >= 0.3 is 29.6 Å². The number of carboxylic acid groups (broad SMARTS) is 1. The fraction of sp³-hybridized carbons (Fsp3) is 0.571. The van der Waals surface area contributed by atoms with Gasteiger partial charge in [-0.1, -0.05) is 24.3 Å². The summed E-state index contributed by atoms with van der Waals surface area (Å²) < 4.78 is 28.7. The normalized spacial score (nSPS) is 26.5. The monoisotopic (exact) mass is 413 g/mol. The molecule has 1 N–H and O–H groups in total. The standard InChI is InChI=1S/C21H29NO4S.Na/c1-15-7-6-8-18(13-15)27(25,26)22-21-17-12-11-16(14-17)19(21)9-4-2-3-5-10-20(23)24;/h2,4,6-8,13,16-17,19,21-22H,3,5,9-12,14H2,1H3,(H,23,24);/q;+1/p-1/b4-2-;/t16-,17?,19+,21+;/m1./s1. The summed E-state index contributed by atoms with van der Waals surface area (Å²) in [6, 6.07) is 7.01. The quantitative estimate of drug-likeness (QED) is 0.338. The van der Waals surface area contributed by atoms with Gasteiger partial charge in [0.25, 0.3) is 0 Å². The number of unbranched alkanes of at least 4 members (excludes halogenated alkanes) is 1. The van der Waals surface area contributed by atoms with E-state index in [4.69, 9.17) is 0 Å². The molecule has 0 radical (unpaired) electrons. The maximum absolute atomic E-state index is 12.9. The van der Waals surface area contributed by atoms with Gasteiger partial charge in [-0.05, 0) is 87.3 Å². The van der Waals surface area contributed by atoms with Gasteiger partial charge in [0.1, 0.15) is 0 Å². The maximum atomic E-state index is 12.9. The molecular weight excluding hydrogens is 385 g/mol. The fourth-order valence-electron chi connectivity index (χ4n) is 4.70. The summed E-state index contributed by atoms with van der Waals surface area (Å²) in [5, 5.41) is 10.4. The number of allylic oxidation sites excluding steroid dienone is 2. The predicted octanol–water partition coefficient (Wildman–Crippen LogP) is -0.441. The number of hydrogen-bond acceptors (Lipinski definition) is 4. The molecular formula is C21H28NNaO4S. The van der Waals surface area contributed by atoms with Gasteiger partial charge in [0.15, 0.2) is 0 Å². The zero-order chi connectivity index (χ0) is 19.4. The zero-order valence-electron chi connectivity index (χ0n) is 16.8. The van der Waals surface area contributed by atoms with E-state index in [-0.39, 0.29) is 42.0 Å². The van der Waals surface area contributed by atoms with Crippen molar-refractivity contribution in [2.75, 3.05) is 0 Å². The molecule has 0 amide bonds. The summed E-state index contributed by atoms with van der Waals surface area (Å²) in [6.07, 6.45) is 9.70. The molecule has 0 saturated heterocycles. The molecule has 2 aliphatic rings. The number of sulfonamides is 1. The van der Waals surface area contributed by atoms with Crippen molar-refractivity contribution in [2.45, 2.75) is 62.8 Å². The van der Waals surface area contributed by atoms with E-state index in [1.807, 2.05) is 19.1 Å². The molecule has 7 heteroatoms. The number of benzene rings is 1. The van der Waals surface area contributed by atoms with Crippen LogP contribution in [0.1, 0.15) is 50.5 Å². The molecule has 148 valence electrons. The van der Waals surface area contributed by atoms with Crippen LogP contribution in [-0.2, 0) is 14.8 Å². The van der Waals surface area contributed by atoms with E-state index < -0.39 is 16.0 Å². The van der Waals surface area contributed by atoms with E-state index in [9.17, 15) is 18.3 Å². The molecule has 2 aliphatic carbocycles. The summed E-state index contributed by atoms with van der Waals surface area (Å²) in [5.74, 6) is 0.307. The van der Waals surface area contributed by atoms with Crippen LogP contribution in [0.3, 0.4) is 0 Å². The average Bonchev–Trinajstić information content (AvgIpc) is 3.20. The Morgan fingerprint density at radius 2 is 2.00 bits per heavy atom. The molecule has 0 aromatic heterocycles. The predicted molar refractivity (Wildman–Crippen MR) is 102 cm³/mol. The Morgan fingerprint density at radius 1 is 1.25 bits per heavy atom. The van der Waals surface area contributed by atoms with Crippen molar-refractivity contribution in [3.8, 4) is 0 Å². The number of hydrogen-bond donors (Lipinski definition) is 1. The number of fused-ring (bicyclic) bond motifs is 2. The number of carbonyl (C=O) groups excluding carboxylic acids is 1. The molecule has 4 atom stereocenters. The minimum Gasteiger partial charge on any atom is -0.550 e. The molecule has 1 aromatic carbocycles. The Labute approximate surface area is 190 Å². The van der Waals surface area contributed by atoms with Crippen molar-refractivity contribution < 1.29 is 47.9 Å². The molecule has 2 bridgehead atoms. The molecule has 0 aliphatic heterocycles. The van der Waals surface area contributed by atoms with Crippen LogP contribution in [0.2, 0.25) is 0 Å². The smallest absolute Gasteiger partial charge is 0.550 e. The van der Waals surface area contributed by atoms with Crippen LogP contribution in [0.15, 0.2) is 41.3 Å². The number of aliphatic carboxylic acids is 1. The third kappa shape index (κ3) is 5.92. The third-order valence-corrected chi connectivity index (χ3v) is 7.46. The summed E-state index contributed by atoms with van der Waals surface area (Å²) >= 11 is 0. The van der Waals surface area contributed by atoms with E-state index >= 15 is 0 Å². The van der Waals surface area contributed by atoms with Gasteiger partial charge in [-0.15, -0.1) is 0 Å². The molecule has 1 aromatic rings. The maximum Gasteiger partial charge on any atom is 1.00 e. The van der Waals surface area contributed by atoms with Crippen LogP contribution in [0.25, 0.3) is 0 Å². The van der Waals surface area contributed by atoms with Gasteiger partial charge in [0, 0.05) is 12.0 Å². The molecule has 28 heavy (non-hydrogen) atoms. The third-order valence-electron chi connectivity index (χ3n) is 6.01. The first kappa shape index (κ1) is 23.6. The number of carbonyl (C=O) groups is 1. The Bertz CT molecular complexity index is 808. The molecule has 2 saturated carbocycles. The van der Waals surface area contributed by atoms with Crippen molar-refractivity contribution in [1.82, 2.24) is 4.72 Å². The molecule has 1 unspecified atom stereocenters. The second-order valence-electron chi connectivity index (χ2n) is 7.93. The van der Waals surface area contributed by atoms with Gasteiger partial charge in [-0.3, -0.25) is 0 Å². The second kappa shape index (κ2) is 10.4. The van der Waals surface area contributed by atoms with E-state index in [0.717, 1.165) is 24.8 Å². The minimum absolute atomic E-state index is 0. The van der Waals surface area contributed by atoms with Crippen LogP contribution >= 0.6 is 0 Å². The Morgan fingerprint density at radius 3 is 2.71 bits per heavy atom. The van der Waals surface area contributed by atoms with E-state index in [1.54, 1.807) is 18.2 Å². The Balaban J connectivity index is 0.00000280. The van der Waals surface area contributed by atoms with Crippen molar-refractivity contribution in [3.63, 3.8) is 0 Å². The Hall–Kier alpha value is -0.660. The average molecular weight is 414 g/mol. The topological polar surface area (TPSA) is 86.3 Å². The summed E-state index contributed by atoms with van der Waals surface area (Å²) in [7, 11) is -3.52. The van der Waals surface area contributed by atoms with Crippen LogP contribution in [-0.4, -0.2) is 20.4 Å². The second-order valence-corrected chi connectivity index (χ2v) is 9.65. The zero-order valence-corrected chi connectivity index (χ0v) is 19.6. The summed E-state index contributed by atoms with van der Waals surface area (Å²) in [4.78, 5) is 10.8. The Kier molecular flexibility index (Phi) is 8.77. The van der Waals surface area contributed by atoms with Gasteiger partial charge in [0.05, 0.1) is 4.90 Å². The minimum atomic E-state index is -3.52. The van der Waals surface area contributed by atoms with Crippen molar-refractivity contribution in [3.05, 3.63) is 42.0 Å².